The molecule has 4 aliphatic carbocycles. The van der Waals surface area contributed by atoms with Crippen LogP contribution in [0.5, 0.6) is 0 Å². The lowest BCUT2D eigenvalue weighted by atomic mass is 9.44. The van der Waals surface area contributed by atoms with E-state index in [1.807, 2.05) is 6.07 Å². The molecule has 1 aromatic rings. The Bertz CT molecular complexity index is 1110. The molecule has 4 aliphatic rings. The van der Waals surface area contributed by atoms with Gasteiger partial charge in [0.25, 0.3) is 0 Å². The number of aliphatic hydroxyl groups is 4. The Balaban J connectivity index is 1.50. The number of carbonyl (C=O) groups excluding carboxylic acids is 2. The average Bonchev–Trinajstić information content (AvgIpc) is 3.11. The predicted molar refractivity (Wildman–Crippen MR) is 132 cm³/mol. The molecule has 0 radical (unpaired) electrons. The highest BCUT2D eigenvalue weighted by Crippen LogP contribution is 2.70. The number of fused-ring (bicyclic) bond motifs is 5. The second kappa shape index (κ2) is 9.06. The molecule has 0 bridgehead atoms. The van der Waals surface area contributed by atoms with Gasteiger partial charge in [-0.05, 0) is 49.7 Å². The summed E-state index contributed by atoms with van der Waals surface area (Å²) in [6, 6.07) is 8.86. The highest BCUT2D eigenvalue weighted by atomic mass is 19.1. The molecule has 0 heterocycles. The molecule has 7 nitrogen and oxygen atoms in total. The molecular weight excluding hydrogens is 479 g/mol. The van der Waals surface area contributed by atoms with Crippen molar-refractivity contribution in [1.82, 2.24) is 0 Å². The number of alkyl halides is 1. The molecule has 8 heteroatoms. The minimum atomic E-state index is -2.16. The second-order valence-corrected chi connectivity index (χ2v) is 12.0. The fraction of sp³-hybridized carbons (Fsp3) is 0.655. The lowest BCUT2D eigenvalue weighted by Gasteiger charge is -2.63. The van der Waals surface area contributed by atoms with Gasteiger partial charge in [-0.15, -0.1) is 0 Å². The molecule has 9 atom stereocenters. The summed E-state index contributed by atoms with van der Waals surface area (Å²) in [5.41, 5.74) is -5.13. The van der Waals surface area contributed by atoms with Gasteiger partial charge in [0, 0.05) is 23.2 Å². The van der Waals surface area contributed by atoms with Crippen molar-refractivity contribution in [3.05, 3.63) is 47.5 Å². The third kappa shape index (κ3) is 3.56. The number of hydrogen-bond donors (Lipinski definition) is 4. The standard InChI is InChI=1S/C29H37FO7/c1-26-11-10-19(32)12-18(26)8-9-20-21-13-25(37-16-22(33)17-6-4-3-5-7-17)29(36,24(35)15-31)27(21,2)14-23(34)28(20,26)30/h3-7,12,20-23,25,31,33-34,36H,8-11,13-16H2,1-2H3/t20-,21-,22?,23?,25?,26-,27-,28-,29+/m0/s1. The topological polar surface area (TPSA) is 124 Å². The van der Waals surface area contributed by atoms with Crippen molar-refractivity contribution < 1.29 is 39.1 Å². The zero-order valence-corrected chi connectivity index (χ0v) is 21.4. The van der Waals surface area contributed by atoms with Crippen LogP contribution in [0.2, 0.25) is 0 Å². The maximum atomic E-state index is 17.4. The molecule has 3 saturated carbocycles. The highest BCUT2D eigenvalue weighted by molar-refractivity contribution is 5.92. The molecule has 3 fully saturated rings. The Kier molecular flexibility index (Phi) is 6.52. The van der Waals surface area contributed by atoms with Crippen molar-refractivity contribution in [3.8, 4) is 0 Å². The minimum Gasteiger partial charge on any atom is -0.390 e. The van der Waals surface area contributed by atoms with Gasteiger partial charge in [0.05, 0.1) is 18.8 Å². The van der Waals surface area contributed by atoms with E-state index < -0.39 is 64.6 Å². The molecule has 4 N–H and O–H groups in total. The number of halogens is 1. The SMILES string of the molecule is C[C@]12CCC(=O)C=C1CC[C@H]1[C@@H]3CC(OCC(O)c4ccccc4)[C@](O)(C(=O)CO)[C@@]3(C)CC(O)[C@@]12F. The third-order valence-electron chi connectivity index (χ3n) is 10.4. The summed E-state index contributed by atoms with van der Waals surface area (Å²) in [4.78, 5) is 25.2. The molecule has 3 unspecified atom stereocenters. The number of ether oxygens (including phenoxy) is 1. The van der Waals surface area contributed by atoms with Crippen LogP contribution in [0.4, 0.5) is 4.39 Å². The maximum absolute atomic E-state index is 17.4. The Morgan fingerprint density at radius 2 is 1.89 bits per heavy atom. The van der Waals surface area contributed by atoms with Gasteiger partial charge in [0.15, 0.2) is 17.2 Å². The van der Waals surface area contributed by atoms with Gasteiger partial charge < -0.3 is 25.2 Å². The van der Waals surface area contributed by atoms with Crippen molar-refractivity contribution >= 4 is 11.6 Å². The van der Waals surface area contributed by atoms with Crippen LogP contribution in [0.3, 0.4) is 0 Å². The average molecular weight is 517 g/mol. The molecule has 37 heavy (non-hydrogen) atoms. The summed E-state index contributed by atoms with van der Waals surface area (Å²) in [6.45, 7) is 2.35. The Hall–Kier alpha value is -1.97. The van der Waals surface area contributed by atoms with Crippen molar-refractivity contribution in [1.29, 1.82) is 0 Å². The summed E-state index contributed by atoms with van der Waals surface area (Å²) < 4.78 is 23.4. The lowest BCUT2D eigenvalue weighted by Crippen LogP contribution is -2.70. The van der Waals surface area contributed by atoms with Crippen LogP contribution in [-0.4, -0.2) is 68.7 Å². The number of rotatable bonds is 6. The van der Waals surface area contributed by atoms with Crippen LogP contribution >= 0.6 is 0 Å². The first-order valence-corrected chi connectivity index (χ1v) is 13.3. The van der Waals surface area contributed by atoms with E-state index >= 15 is 4.39 Å². The second-order valence-electron chi connectivity index (χ2n) is 12.0. The molecule has 0 amide bonds. The normalized spacial score (nSPS) is 43.9. The molecule has 5 rings (SSSR count). The molecule has 202 valence electrons. The van der Waals surface area contributed by atoms with Crippen LogP contribution in [0, 0.1) is 22.7 Å². The summed E-state index contributed by atoms with van der Waals surface area (Å²) >= 11 is 0. The van der Waals surface area contributed by atoms with Crippen molar-refractivity contribution in [3.63, 3.8) is 0 Å². The Morgan fingerprint density at radius 1 is 1.19 bits per heavy atom. The number of benzene rings is 1. The number of ketones is 2. The lowest BCUT2D eigenvalue weighted by molar-refractivity contribution is -0.232. The van der Waals surface area contributed by atoms with Crippen LogP contribution < -0.4 is 0 Å². The van der Waals surface area contributed by atoms with Gasteiger partial charge in [-0.25, -0.2) is 4.39 Å². The van der Waals surface area contributed by atoms with Gasteiger partial charge in [-0.1, -0.05) is 49.8 Å². The first kappa shape index (κ1) is 26.6. The summed E-state index contributed by atoms with van der Waals surface area (Å²) in [6.07, 6.45) is -0.691. The predicted octanol–water partition coefficient (Wildman–Crippen LogP) is 2.60. The van der Waals surface area contributed by atoms with Gasteiger partial charge in [-0.3, -0.25) is 9.59 Å². The summed E-state index contributed by atoms with van der Waals surface area (Å²) in [5.74, 6) is -2.06. The van der Waals surface area contributed by atoms with E-state index in [0.717, 1.165) is 5.57 Å². The summed E-state index contributed by atoms with van der Waals surface area (Å²) in [5, 5.41) is 43.9. The quantitative estimate of drug-likeness (QED) is 0.458. The zero-order chi connectivity index (χ0) is 26.8. The molecule has 0 aromatic heterocycles. The van der Waals surface area contributed by atoms with Crippen LogP contribution in [0.25, 0.3) is 0 Å². The van der Waals surface area contributed by atoms with Gasteiger partial charge in [0.2, 0.25) is 0 Å². The fourth-order valence-corrected chi connectivity index (χ4v) is 8.35. The number of hydrogen-bond acceptors (Lipinski definition) is 7. The van der Waals surface area contributed by atoms with E-state index in [2.05, 4.69) is 0 Å². The Morgan fingerprint density at radius 3 is 2.57 bits per heavy atom. The number of Topliss-reactive ketones (excluding diaryl/α,β-unsaturated/α-hetero) is 1. The molecule has 0 spiro atoms. The van der Waals surface area contributed by atoms with Gasteiger partial charge in [-0.2, -0.15) is 0 Å². The van der Waals surface area contributed by atoms with Crippen molar-refractivity contribution in [2.75, 3.05) is 13.2 Å². The first-order chi connectivity index (χ1) is 17.4. The van der Waals surface area contributed by atoms with Crippen LogP contribution in [0.1, 0.15) is 64.0 Å². The van der Waals surface area contributed by atoms with Crippen LogP contribution in [-0.2, 0) is 14.3 Å². The smallest absolute Gasteiger partial charge is 0.192 e. The third-order valence-corrected chi connectivity index (χ3v) is 10.4. The van der Waals surface area contributed by atoms with E-state index in [4.69, 9.17) is 4.74 Å². The molecule has 0 aliphatic heterocycles. The van der Waals surface area contributed by atoms with Gasteiger partial charge >= 0.3 is 0 Å². The largest absolute Gasteiger partial charge is 0.390 e. The zero-order valence-electron chi connectivity index (χ0n) is 21.4. The molecular formula is C29H37FO7. The molecule has 0 saturated heterocycles. The van der Waals surface area contributed by atoms with E-state index in [9.17, 15) is 30.0 Å². The fourth-order valence-electron chi connectivity index (χ4n) is 8.35. The van der Waals surface area contributed by atoms with E-state index in [-0.39, 0.29) is 31.7 Å². The van der Waals surface area contributed by atoms with Crippen molar-refractivity contribution in [2.24, 2.45) is 22.7 Å². The number of carbonyl (C=O) groups is 2. The molecule has 1 aromatic carbocycles. The summed E-state index contributed by atoms with van der Waals surface area (Å²) in [7, 11) is 0. The maximum Gasteiger partial charge on any atom is 0.192 e. The van der Waals surface area contributed by atoms with E-state index in [0.29, 0.717) is 24.8 Å². The monoisotopic (exact) mass is 516 g/mol. The van der Waals surface area contributed by atoms with Crippen LogP contribution in [0.15, 0.2) is 42.0 Å². The number of aliphatic hydroxyl groups excluding tert-OH is 3. The van der Waals surface area contributed by atoms with E-state index in [1.54, 1.807) is 44.2 Å². The van der Waals surface area contributed by atoms with Gasteiger partial charge in [0.1, 0.15) is 18.4 Å². The van der Waals surface area contributed by atoms with Crippen molar-refractivity contribution in [2.45, 2.75) is 82.0 Å². The highest BCUT2D eigenvalue weighted by Gasteiger charge is 2.76. The Labute approximate surface area is 216 Å². The van der Waals surface area contributed by atoms with E-state index in [1.165, 1.54) is 0 Å². The first-order valence-electron chi connectivity index (χ1n) is 13.3. The number of allylic oxidation sites excluding steroid dienone is 1. The minimum absolute atomic E-state index is 0.0288.